The maximum absolute atomic E-state index is 14.8. The minimum absolute atomic E-state index is 0.00114. The summed E-state index contributed by atoms with van der Waals surface area (Å²) in [6.45, 7) is 3.35. The molecule has 3 aromatic heterocycles. The molecule has 1 N–H and O–H groups in total. The Hall–Kier alpha value is -3.06. The Labute approximate surface area is 225 Å². The lowest BCUT2D eigenvalue weighted by atomic mass is 9.94. The highest BCUT2D eigenvalue weighted by Gasteiger charge is 2.31. The van der Waals surface area contributed by atoms with Crippen LogP contribution in [0.3, 0.4) is 0 Å². The van der Waals surface area contributed by atoms with E-state index in [9.17, 15) is 22.4 Å². The number of aromatic nitrogens is 2. The number of halogens is 2. The summed E-state index contributed by atoms with van der Waals surface area (Å²) in [5.41, 5.74) is 1.79. The second-order valence-electron chi connectivity index (χ2n) is 9.28. The van der Waals surface area contributed by atoms with E-state index in [0.29, 0.717) is 27.9 Å². The predicted octanol–water partition coefficient (Wildman–Crippen LogP) is 4.67. The van der Waals surface area contributed by atoms with E-state index in [-0.39, 0.29) is 40.4 Å². The molecule has 192 valence electrons. The summed E-state index contributed by atoms with van der Waals surface area (Å²) in [5, 5.41) is 0.219. The first kappa shape index (κ1) is 25.6. The number of pyridine rings is 2. The first-order chi connectivity index (χ1) is 17.4. The van der Waals surface area contributed by atoms with E-state index in [1.807, 2.05) is 22.6 Å². The van der Waals surface area contributed by atoms with Crippen LogP contribution in [0.15, 0.2) is 50.5 Å². The highest BCUT2D eigenvalue weighted by Crippen LogP contribution is 2.40. The predicted molar refractivity (Wildman–Crippen MR) is 148 cm³/mol. The van der Waals surface area contributed by atoms with Gasteiger partial charge >= 0.3 is 5.63 Å². The van der Waals surface area contributed by atoms with Crippen molar-refractivity contribution in [3.8, 4) is 11.1 Å². The molecular weight excluding hydrogens is 612 g/mol. The zero-order chi connectivity index (χ0) is 26.6. The van der Waals surface area contributed by atoms with Crippen molar-refractivity contribution in [3.05, 3.63) is 89.1 Å². The van der Waals surface area contributed by atoms with E-state index in [1.54, 1.807) is 36.6 Å². The van der Waals surface area contributed by atoms with Crippen LogP contribution in [0.5, 0.6) is 0 Å². The number of sulfonamides is 1. The van der Waals surface area contributed by atoms with Gasteiger partial charge in [-0.05, 0) is 90.2 Å². The van der Waals surface area contributed by atoms with E-state index in [0.717, 1.165) is 22.7 Å². The molecule has 0 saturated heterocycles. The Morgan fingerprint density at radius 3 is 2.57 bits per heavy atom. The number of hydrogen-bond donors (Lipinski definition) is 1. The molecule has 0 atom stereocenters. The van der Waals surface area contributed by atoms with Crippen LogP contribution in [0.1, 0.15) is 41.3 Å². The summed E-state index contributed by atoms with van der Waals surface area (Å²) in [4.78, 5) is 31.0. The molecule has 1 aliphatic rings. The highest BCUT2D eigenvalue weighted by molar-refractivity contribution is 14.1. The van der Waals surface area contributed by atoms with Gasteiger partial charge < -0.3 is 8.98 Å². The topological polar surface area (TPSA) is 111 Å². The second-order valence-corrected chi connectivity index (χ2v) is 12.3. The van der Waals surface area contributed by atoms with Gasteiger partial charge in [-0.1, -0.05) is 6.07 Å². The lowest BCUT2D eigenvalue weighted by Gasteiger charge is -2.19. The summed E-state index contributed by atoms with van der Waals surface area (Å²) in [6, 6.07) is 8.02. The van der Waals surface area contributed by atoms with Crippen molar-refractivity contribution in [2.75, 3.05) is 11.0 Å². The van der Waals surface area contributed by atoms with Gasteiger partial charge in [0.25, 0.3) is 5.56 Å². The van der Waals surface area contributed by atoms with Gasteiger partial charge in [0, 0.05) is 39.1 Å². The molecule has 11 heteroatoms. The van der Waals surface area contributed by atoms with Crippen LogP contribution in [0, 0.1) is 23.2 Å². The zero-order valence-electron chi connectivity index (χ0n) is 20.3. The minimum Gasteiger partial charge on any atom is -0.422 e. The van der Waals surface area contributed by atoms with Crippen molar-refractivity contribution in [3.63, 3.8) is 0 Å². The minimum atomic E-state index is -3.59. The van der Waals surface area contributed by atoms with Crippen molar-refractivity contribution in [2.45, 2.75) is 39.2 Å². The standard InChI is InChI=1S/C26H23FIN3O5S/c1-13-19(10-15-4-5-17(28)12-20(15)27)23-24(36-26(13)33)22(14(2)31(25(23)32)18-6-7-18)16-8-9-29-21(11-16)30-37(3,34)35/h4-5,8-9,11-12,18H,6-7,10H2,1-3H3,(H,29,30). The van der Waals surface area contributed by atoms with Crippen molar-refractivity contribution in [1.82, 2.24) is 9.55 Å². The van der Waals surface area contributed by atoms with Crippen LogP contribution >= 0.6 is 22.6 Å². The molecule has 1 saturated carbocycles. The first-order valence-corrected chi connectivity index (χ1v) is 14.5. The van der Waals surface area contributed by atoms with Crippen molar-refractivity contribution in [1.29, 1.82) is 0 Å². The number of rotatable bonds is 6. The molecule has 1 fully saturated rings. The molecule has 5 rings (SSSR count). The van der Waals surface area contributed by atoms with Crippen LogP contribution in [-0.4, -0.2) is 24.2 Å². The quantitative estimate of drug-likeness (QED) is 0.309. The molecule has 1 aromatic carbocycles. The second kappa shape index (κ2) is 9.35. The smallest absolute Gasteiger partial charge is 0.339 e. The van der Waals surface area contributed by atoms with E-state index in [2.05, 4.69) is 9.71 Å². The van der Waals surface area contributed by atoms with Gasteiger partial charge in [0.05, 0.1) is 11.6 Å². The molecule has 4 aromatic rings. The van der Waals surface area contributed by atoms with Crippen LogP contribution in [0.25, 0.3) is 22.1 Å². The van der Waals surface area contributed by atoms with E-state index >= 15 is 0 Å². The number of anilines is 1. The molecule has 0 radical (unpaired) electrons. The van der Waals surface area contributed by atoms with Crippen molar-refractivity contribution in [2.24, 2.45) is 0 Å². The Kier molecular flexibility index (Phi) is 6.47. The number of fused-ring (bicyclic) bond motifs is 1. The van der Waals surface area contributed by atoms with E-state index < -0.39 is 21.5 Å². The molecule has 0 unspecified atom stereocenters. The Balaban J connectivity index is 1.84. The molecule has 0 aliphatic heterocycles. The molecular formula is C26H23FIN3O5S. The van der Waals surface area contributed by atoms with Gasteiger partial charge in [0.1, 0.15) is 11.6 Å². The lowest BCUT2D eigenvalue weighted by Crippen LogP contribution is -2.25. The summed E-state index contributed by atoms with van der Waals surface area (Å²) in [5.74, 6) is -0.333. The Morgan fingerprint density at radius 2 is 1.92 bits per heavy atom. The molecule has 1 aliphatic carbocycles. The van der Waals surface area contributed by atoms with Gasteiger partial charge in [-0.3, -0.25) is 9.52 Å². The summed E-state index contributed by atoms with van der Waals surface area (Å²) < 4.78 is 48.9. The van der Waals surface area contributed by atoms with Gasteiger partial charge in [-0.2, -0.15) is 0 Å². The van der Waals surface area contributed by atoms with E-state index in [4.69, 9.17) is 4.42 Å². The van der Waals surface area contributed by atoms with Gasteiger partial charge in [-0.25, -0.2) is 22.6 Å². The number of nitrogens with one attached hydrogen (secondary N) is 1. The fourth-order valence-corrected chi connectivity index (χ4v) is 5.59. The Bertz CT molecular complexity index is 1810. The van der Waals surface area contributed by atoms with Gasteiger partial charge in [0.15, 0.2) is 5.58 Å². The summed E-state index contributed by atoms with van der Waals surface area (Å²) in [7, 11) is -3.59. The highest BCUT2D eigenvalue weighted by atomic mass is 127. The van der Waals surface area contributed by atoms with Gasteiger partial charge in [0.2, 0.25) is 10.0 Å². The monoisotopic (exact) mass is 635 g/mol. The van der Waals surface area contributed by atoms with Crippen LogP contribution in [0.2, 0.25) is 0 Å². The third-order valence-electron chi connectivity index (χ3n) is 6.50. The van der Waals surface area contributed by atoms with Crippen LogP contribution in [-0.2, 0) is 16.4 Å². The number of hydrogen-bond acceptors (Lipinski definition) is 6. The summed E-state index contributed by atoms with van der Waals surface area (Å²) >= 11 is 2.02. The molecule has 0 bridgehead atoms. The summed E-state index contributed by atoms with van der Waals surface area (Å²) in [6.07, 6.45) is 4.16. The molecule has 0 amide bonds. The third kappa shape index (κ3) is 4.93. The number of benzene rings is 1. The van der Waals surface area contributed by atoms with E-state index in [1.165, 1.54) is 18.3 Å². The van der Waals surface area contributed by atoms with Crippen LogP contribution < -0.4 is 15.9 Å². The van der Waals surface area contributed by atoms with Crippen molar-refractivity contribution >= 4 is 49.4 Å². The molecule has 37 heavy (non-hydrogen) atoms. The molecule has 3 heterocycles. The SMILES string of the molecule is Cc1c(Cc2ccc(I)cc2F)c2c(=O)n(C3CC3)c(C)c(-c3ccnc(NS(C)(=O)=O)c3)c2oc1=O. The lowest BCUT2D eigenvalue weighted by molar-refractivity contribution is 0.549. The fraction of sp³-hybridized carbons (Fsp3) is 0.269. The number of nitrogens with zero attached hydrogens (tertiary/aromatic N) is 2. The van der Waals surface area contributed by atoms with Crippen LogP contribution in [0.4, 0.5) is 10.2 Å². The first-order valence-electron chi connectivity index (χ1n) is 11.5. The van der Waals surface area contributed by atoms with Gasteiger partial charge in [-0.15, -0.1) is 0 Å². The largest absolute Gasteiger partial charge is 0.422 e. The fourth-order valence-electron chi connectivity index (χ4n) is 4.65. The average Bonchev–Trinajstić information content (AvgIpc) is 3.63. The average molecular weight is 635 g/mol. The molecule has 8 nitrogen and oxygen atoms in total. The third-order valence-corrected chi connectivity index (χ3v) is 7.75. The maximum Gasteiger partial charge on any atom is 0.339 e. The maximum atomic E-state index is 14.8. The Morgan fingerprint density at radius 1 is 1.19 bits per heavy atom. The zero-order valence-corrected chi connectivity index (χ0v) is 23.2. The van der Waals surface area contributed by atoms with Crippen molar-refractivity contribution < 1.29 is 17.2 Å². The normalized spacial score (nSPS) is 13.8. The molecule has 0 spiro atoms.